The first-order chi connectivity index (χ1) is 6.27. The summed E-state index contributed by atoms with van der Waals surface area (Å²) >= 11 is 0. The standard InChI is InChI=1S/C13H16/c1-11-4-7-12-5-2-3-6-13(12,10-11)9-8-12/h4,7-10H,2-3,5-6H2,1H3. The van der Waals surface area contributed by atoms with Crippen LogP contribution in [0.3, 0.4) is 0 Å². The summed E-state index contributed by atoms with van der Waals surface area (Å²) in [6, 6.07) is 0. The summed E-state index contributed by atoms with van der Waals surface area (Å²) in [4.78, 5) is 0. The summed E-state index contributed by atoms with van der Waals surface area (Å²) in [5.41, 5.74) is 2.32. The van der Waals surface area contributed by atoms with Gasteiger partial charge in [-0.2, -0.15) is 0 Å². The van der Waals surface area contributed by atoms with Crippen LogP contribution in [0.2, 0.25) is 0 Å². The normalized spacial score (nSPS) is 46.1. The summed E-state index contributed by atoms with van der Waals surface area (Å²) in [5, 5.41) is 0. The van der Waals surface area contributed by atoms with E-state index in [2.05, 4.69) is 37.3 Å². The maximum atomic E-state index is 2.49. The largest absolute Gasteiger partial charge is 0.0765 e. The molecule has 0 aliphatic heterocycles. The van der Waals surface area contributed by atoms with Crippen LogP contribution in [0.15, 0.2) is 36.0 Å². The molecular formula is C13H16. The Labute approximate surface area is 80.0 Å². The summed E-state index contributed by atoms with van der Waals surface area (Å²) < 4.78 is 0. The molecule has 1 saturated carbocycles. The van der Waals surface area contributed by atoms with Crippen molar-refractivity contribution >= 4 is 0 Å². The van der Waals surface area contributed by atoms with Crippen LogP contribution in [0.4, 0.5) is 0 Å². The van der Waals surface area contributed by atoms with Crippen molar-refractivity contribution in [2.75, 3.05) is 0 Å². The highest BCUT2D eigenvalue weighted by Crippen LogP contribution is 2.62. The first-order valence-corrected chi connectivity index (χ1v) is 5.36. The first-order valence-electron chi connectivity index (χ1n) is 5.36. The molecule has 0 bridgehead atoms. The van der Waals surface area contributed by atoms with Crippen molar-refractivity contribution in [3.63, 3.8) is 0 Å². The zero-order valence-corrected chi connectivity index (χ0v) is 8.22. The van der Waals surface area contributed by atoms with Crippen LogP contribution < -0.4 is 0 Å². The van der Waals surface area contributed by atoms with E-state index in [1.807, 2.05) is 0 Å². The highest BCUT2D eigenvalue weighted by Gasteiger charge is 2.53. The van der Waals surface area contributed by atoms with Gasteiger partial charge in [0.2, 0.25) is 0 Å². The van der Waals surface area contributed by atoms with E-state index < -0.39 is 0 Å². The lowest BCUT2D eigenvalue weighted by Crippen LogP contribution is -2.46. The Bertz CT molecular complexity index is 332. The minimum atomic E-state index is 0.435. The minimum absolute atomic E-state index is 0.435. The topological polar surface area (TPSA) is 0 Å². The number of rotatable bonds is 0. The van der Waals surface area contributed by atoms with Crippen molar-refractivity contribution in [1.29, 1.82) is 0 Å². The molecule has 2 atom stereocenters. The van der Waals surface area contributed by atoms with Crippen molar-refractivity contribution in [3.05, 3.63) is 36.0 Å². The Balaban J connectivity index is 2.11. The second-order valence-corrected chi connectivity index (χ2v) is 4.84. The third-order valence-corrected chi connectivity index (χ3v) is 4.10. The fraction of sp³-hybridized carbons (Fsp3) is 0.538. The highest BCUT2D eigenvalue weighted by molar-refractivity contribution is 5.45. The maximum Gasteiger partial charge on any atom is 0.0193 e. The molecule has 0 radical (unpaired) electrons. The van der Waals surface area contributed by atoms with Gasteiger partial charge in [-0.1, -0.05) is 48.8 Å². The molecule has 0 aromatic heterocycles. The molecule has 2 unspecified atom stereocenters. The van der Waals surface area contributed by atoms with Gasteiger partial charge in [0, 0.05) is 10.8 Å². The van der Waals surface area contributed by atoms with E-state index >= 15 is 0 Å². The second-order valence-electron chi connectivity index (χ2n) is 4.84. The molecule has 0 heteroatoms. The van der Waals surface area contributed by atoms with Crippen molar-refractivity contribution in [2.24, 2.45) is 10.8 Å². The van der Waals surface area contributed by atoms with Crippen LogP contribution in [0, 0.1) is 10.8 Å². The quantitative estimate of drug-likeness (QED) is 0.489. The molecule has 3 aliphatic carbocycles. The lowest BCUT2D eigenvalue weighted by Gasteiger charge is -2.56. The molecule has 0 saturated heterocycles. The van der Waals surface area contributed by atoms with Gasteiger partial charge < -0.3 is 0 Å². The minimum Gasteiger partial charge on any atom is -0.0765 e. The smallest absolute Gasteiger partial charge is 0.0193 e. The number of hydrogen-bond acceptors (Lipinski definition) is 0. The Morgan fingerprint density at radius 2 is 1.69 bits per heavy atom. The molecule has 0 spiro atoms. The monoisotopic (exact) mass is 172 g/mol. The molecule has 0 aromatic carbocycles. The average Bonchev–Trinajstić information content (AvgIpc) is 2.11. The Kier molecular flexibility index (Phi) is 1.27. The third kappa shape index (κ3) is 0.769. The maximum absolute atomic E-state index is 2.49. The molecule has 0 aromatic rings. The van der Waals surface area contributed by atoms with Crippen LogP contribution >= 0.6 is 0 Å². The van der Waals surface area contributed by atoms with Gasteiger partial charge >= 0.3 is 0 Å². The Morgan fingerprint density at radius 3 is 2.38 bits per heavy atom. The van der Waals surface area contributed by atoms with E-state index in [1.165, 1.54) is 31.3 Å². The third-order valence-electron chi connectivity index (χ3n) is 4.10. The Morgan fingerprint density at radius 1 is 1.00 bits per heavy atom. The number of allylic oxidation sites excluding steroid dienone is 6. The first kappa shape index (κ1) is 7.61. The van der Waals surface area contributed by atoms with Gasteiger partial charge in [0.25, 0.3) is 0 Å². The zero-order chi connectivity index (χ0) is 8.94. The van der Waals surface area contributed by atoms with Crippen molar-refractivity contribution in [2.45, 2.75) is 32.6 Å². The average molecular weight is 172 g/mol. The van der Waals surface area contributed by atoms with Gasteiger partial charge in [-0.25, -0.2) is 0 Å². The SMILES string of the molecule is CC1=CC23C=CC2(C=C1)CCCC3. The molecule has 0 N–H and O–H groups in total. The molecule has 0 nitrogen and oxygen atoms in total. The highest BCUT2D eigenvalue weighted by atomic mass is 14.6. The molecule has 13 heavy (non-hydrogen) atoms. The number of hydrogen-bond donors (Lipinski definition) is 0. The van der Waals surface area contributed by atoms with Crippen molar-refractivity contribution in [3.8, 4) is 0 Å². The van der Waals surface area contributed by atoms with Crippen LogP contribution in [0.5, 0.6) is 0 Å². The van der Waals surface area contributed by atoms with Gasteiger partial charge in [0.1, 0.15) is 0 Å². The summed E-state index contributed by atoms with van der Waals surface area (Å²) in [7, 11) is 0. The van der Waals surface area contributed by atoms with Crippen LogP contribution in [0.25, 0.3) is 0 Å². The van der Waals surface area contributed by atoms with Crippen molar-refractivity contribution < 1.29 is 0 Å². The van der Waals surface area contributed by atoms with E-state index in [4.69, 9.17) is 0 Å². The van der Waals surface area contributed by atoms with E-state index in [9.17, 15) is 0 Å². The second kappa shape index (κ2) is 2.17. The van der Waals surface area contributed by atoms with Crippen molar-refractivity contribution in [1.82, 2.24) is 0 Å². The fourth-order valence-corrected chi connectivity index (χ4v) is 3.26. The lowest BCUT2D eigenvalue weighted by molar-refractivity contribution is 0.134. The van der Waals surface area contributed by atoms with E-state index in [0.717, 1.165) is 0 Å². The van der Waals surface area contributed by atoms with Crippen LogP contribution in [-0.2, 0) is 0 Å². The molecule has 3 aliphatic rings. The van der Waals surface area contributed by atoms with Gasteiger partial charge in [-0.15, -0.1) is 0 Å². The van der Waals surface area contributed by atoms with Gasteiger partial charge in [-0.3, -0.25) is 0 Å². The summed E-state index contributed by atoms with van der Waals surface area (Å²) in [5.74, 6) is 0. The predicted molar refractivity (Wildman–Crippen MR) is 55.4 cm³/mol. The molecule has 0 amide bonds. The summed E-state index contributed by atoms with van der Waals surface area (Å²) in [6.07, 6.45) is 17.6. The van der Waals surface area contributed by atoms with E-state index in [1.54, 1.807) is 0 Å². The predicted octanol–water partition coefficient (Wildman–Crippen LogP) is 3.62. The van der Waals surface area contributed by atoms with Crippen LogP contribution in [-0.4, -0.2) is 0 Å². The summed E-state index contributed by atoms with van der Waals surface area (Å²) in [6.45, 7) is 2.22. The van der Waals surface area contributed by atoms with E-state index in [0.29, 0.717) is 10.8 Å². The van der Waals surface area contributed by atoms with Crippen LogP contribution in [0.1, 0.15) is 32.6 Å². The molecule has 1 fully saturated rings. The molecule has 0 heterocycles. The van der Waals surface area contributed by atoms with Gasteiger partial charge in [0.05, 0.1) is 0 Å². The van der Waals surface area contributed by atoms with Gasteiger partial charge in [0.15, 0.2) is 0 Å². The van der Waals surface area contributed by atoms with E-state index in [-0.39, 0.29) is 0 Å². The fourth-order valence-electron chi connectivity index (χ4n) is 3.26. The molecule has 3 rings (SSSR count). The van der Waals surface area contributed by atoms with Gasteiger partial charge in [-0.05, 0) is 19.8 Å². The molecule has 68 valence electrons. The Hall–Kier alpha value is -0.780. The lowest BCUT2D eigenvalue weighted by atomic mass is 9.47. The zero-order valence-electron chi connectivity index (χ0n) is 8.22. The molecular weight excluding hydrogens is 156 g/mol.